The minimum Gasteiger partial charge on any atom is -0.423 e. The van der Waals surface area contributed by atoms with Crippen LogP contribution in [0, 0.1) is 23.0 Å². The van der Waals surface area contributed by atoms with E-state index in [4.69, 9.17) is 14.7 Å². The predicted molar refractivity (Wildman–Crippen MR) is 112 cm³/mol. The van der Waals surface area contributed by atoms with Gasteiger partial charge in [0.05, 0.1) is 16.7 Å². The maximum atomic E-state index is 14.4. The highest BCUT2D eigenvalue weighted by atomic mass is 19.1. The summed E-state index contributed by atoms with van der Waals surface area (Å²) in [5.41, 5.74) is 0.795. The van der Waals surface area contributed by atoms with Crippen LogP contribution in [0.5, 0.6) is 11.5 Å². The van der Waals surface area contributed by atoms with Crippen LogP contribution >= 0.6 is 0 Å². The molecule has 3 aromatic carbocycles. The van der Waals surface area contributed by atoms with E-state index in [1.54, 1.807) is 18.2 Å². The zero-order chi connectivity index (χ0) is 23.1. The zero-order valence-corrected chi connectivity index (χ0v) is 17.2. The largest absolute Gasteiger partial charge is 0.423 e. The summed E-state index contributed by atoms with van der Waals surface area (Å²) in [5, 5.41) is 8.73. The van der Waals surface area contributed by atoms with E-state index in [1.165, 1.54) is 12.1 Å². The monoisotopic (exact) mass is 435 g/mol. The highest BCUT2D eigenvalue weighted by Crippen LogP contribution is 2.22. The van der Waals surface area contributed by atoms with Crippen LogP contribution < -0.4 is 9.47 Å². The number of ether oxygens (including phenoxy) is 2. The van der Waals surface area contributed by atoms with Crippen molar-refractivity contribution in [1.29, 1.82) is 5.26 Å². The van der Waals surface area contributed by atoms with Crippen LogP contribution in [0.15, 0.2) is 60.7 Å². The van der Waals surface area contributed by atoms with Crippen LogP contribution in [0.1, 0.15) is 51.6 Å². The molecule has 0 heterocycles. The topological polar surface area (TPSA) is 76.4 Å². The van der Waals surface area contributed by atoms with Gasteiger partial charge >= 0.3 is 11.9 Å². The highest BCUT2D eigenvalue weighted by Gasteiger charge is 2.17. The summed E-state index contributed by atoms with van der Waals surface area (Å²) in [7, 11) is 0. The molecule has 0 aliphatic heterocycles. The molecule has 0 atom stereocenters. The molecule has 0 radical (unpaired) electrons. The Morgan fingerprint density at radius 2 is 1.50 bits per heavy atom. The Hall–Kier alpha value is -4.05. The summed E-state index contributed by atoms with van der Waals surface area (Å²) in [6.07, 6.45) is 3.05. The number of hydrogen-bond acceptors (Lipinski definition) is 5. The van der Waals surface area contributed by atoms with Gasteiger partial charge in [0.15, 0.2) is 0 Å². The molecule has 0 aliphatic rings. The van der Waals surface area contributed by atoms with E-state index in [0.717, 1.165) is 49.1 Å². The van der Waals surface area contributed by atoms with Crippen molar-refractivity contribution in [2.24, 2.45) is 0 Å². The van der Waals surface area contributed by atoms with Crippen molar-refractivity contribution >= 4 is 11.9 Å². The van der Waals surface area contributed by atoms with Crippen LogP contribution in [0.4, 0.5) is 8.78 Å². The molecule has 3 rings (SSSR count). The smallest absolute Gasteiger partial charge is 0.346 e. The minimum atomic E-state index is -1.06. The van der Waals surface area contributed by atoms with Crippen LogP contribution in [0.2, 0.25) is 0 Å². The summed E-state index contributed by atoms with van der Waals surface area (Å²) >= 11 is 0. The maximum Gasteiger partial charge on any atom is 0.346 e. The SMILES string of the molecule is CCCCc1ccc(C(=O)Oc2ccc(C(=O)Oc3ccc(C#N)c(F)c3)c(F)c2)cc1. The second-order valence-corrected chi connectivity index (χ2v) is 6.97. The average molecular weight is 435 g/mol. The first-order valence-corrected chi connectivity index (χ1v) is 9.93. The van der Waals surface area contributed by atoms with Gasteiger partial charge in [0.2, 0.25) is 0 Å². The highest BCUT2D eigenvalue weighted by molar-refractivity contribution is 5.93. The van der Waals surface area contributed by atoms with E-state index in [-0.39, 0.29) is 17.1 Å². The first kappa shape index (κ1) is 22.6. The first-order chi connectivity index (χ1) is 15.4. The molecule has 0 aromatic heterocycles. The lowest BCUT2D eigenvalue weighted by molar-refractivity contribution is 0.0728. The number of nitrogens with zero attached hydrogens (tertiary/aromatic N) is 1. The van der Waals surface area contributed by atoms with Gasteiger partial charge in [-0.25, -0.2) is 18.4 Å². The Morgan fingerprint density at radius 3 is 2.09 bits per heavy atom. The van der Waals surface area contributed by atoms with E-state index in [0.29, 0.717) is 5.56 Å². The summed E-state index contributed by atoms with van der Waals surface area (Å²) in [5.74, 6) is -3.81. The lowest BCUT2D eigenvalue weighted by Crippen LogP contribution is -2.12. The summed E-state index contributed by atoms with van der Waals surface area (Å²) < 4.78 is 38.2. The fourth-order valence-electron chi connectivity index (χ4n) is 2.89. The van der Waals surface area contributed by atoms with Gasteiger partial charge in [-0.1, -0.05) is 25.5 Å². The number of hydrogen-bond donors (Lipinski definition) is 0. The number of nitriles is 1. The summed E-state index contributed by atoms with van der Waals surface area (Å²) in [6, 6.07) is 15.1. The van der Waals surface area contributed by atoms with Crippen molar-refractivity contribution in [3.63, 3.8) is 0 Å². The average Bonchev–Trinajstić information content (AvgIpc) is 2.78. The zero-order valence-electron chi connectivity index (χ0n) is 17.2. The quantitative estimate of drug-likeness (QED) is 0.356. The molecule has 7 heteroatoms. The lowest BCUT2D eigenvalue weighted by atomic mass is 10.1. The molecular weight excluding hydrogens is 416 g/mol. The second kappa shape index (κ2) is 10.3. The minimum absolute atomic E-state index is 0.0801. The van der Waals surface area contributed by atoms with Gasteiger partial charge in [-0.05, 0) is 54.8 Å². The molecule has 0 fully saturated rings. The van der Waals surface area contributed by atoms with Crippen molar-refractivity contribution in [1.82, 2.24) is 0 Å². The number of esters is 2. The molecule has 0 saturated heterocycles. The van der Waals surface area contributed by atoms with E-state index in [9.17, 15) is 18.4 Å². The van der Waals surface area contributed by atoms with Gasteiger partial charge < -0.3 is 9.47 Å². The molecule has 0 unspecified atom stereocenters. The Bertz CT molecular complexity index is 1180. The number of halogens is 2. The third kappa shape index (κ3) is 5.55. The summed E-state index contributed by atoms with van der Waals surface area (Å²) in [4.78, 5) is 24.5. The number of rotatable bonds is 7. The molecule has 3 aromatic rings. The van der Waals surface area contributed by atoms with Crippen LogP contribution in [0.25, 0.3) is 0 Å². The van der Waals surface area contributed by atoms with Gasteiger partial charge in [-0.15, -0.1) is 0 Å². The molecule has 0 aliphatic carbocycles. The third-order valence-electron chi connectivity index (χ3n) is 4.65. The molecule has 0 N–H and O–H groups in total. The number of benzene rings is 3. The molecule has 32 heavy (non-hydrogen) atoms. The molecular formula is C25H19F2NO4. The third-order valence-corrected chi connectivity index (χ3v) is 4.65. The fraction of sp³-hybridized carbons (Fsp3) is 0.160. The normalized spacial score (nSPS) is 10.3. The molecule has 0 bridgehead atoms. The van der Waals surface area contributed by atoms with Crippen molar-refractivity contribution in [2.45, 2.75) is 26.2 Å². The van der Waals surface area contributed by atoms with Gasteiger partial charge in [-0.2, -0.15) is 5.26 Å². The predicted octanol–water partition coefficient (Wildman–Crippen LogP) is 5.62. The molecule has 0 saturated carbocycles. The standard InChI is InChI=1S/C25H19F2NO4/c1-2-3-4-16-5-7-17(8-6-16)24(29)31-20-11-12-21(23(27)14-20)25(30)32-19-10-9-18(15-28)22(26)13-19/h5-14H,2-4H2,1H3. The summed E-state index contributed by atoms with van der Waals surface area (Å²) in [6.45, 7) is 2.10. The van der Waals surface area contributed by atoms with Crippen LogP contribution in [0.3, 0.4) is 0 Å². The molecule has 0 amide bonds. The maximum absolute atomic E-state index is 14.4. The Labute approximate surface area is 183 Å². The van der Waals surface area contributed by atoms with Crippen LogP contribution in [-0.4, -0.2) is 11.9 Å². The van der Waals surface area contributed by atoms with E-state index >= 15 is 0 Å². The van der Waals surface area contributed by atoms with Crippen molar-refractivity contribution in [2.75, 3.05) is 0 Å². The van der Waals surface area contributed by atoms with Crippen molar-refractivity contribution in [3.8, 4) is 17.6 Å². The lowest BCUT2D eigenvalue weighted by Gasteiger charge is -2.08. The van der Waals surface area contributed by atoms with E-state index in [1.807, 2.05) is 12.1 Å². The second-order valence-electron chi connectivity index (χ2n) is 6.97. The molecule has 0 spiro atoms. The Morgan fingerprint density at radius 1 is 0.875 bits per heavy atom. The number of carbonyl (C=O) groups excluding carboxylic acids is 2. The molecule has 162 valence electrons. The first-order valence-electron chi connectivity index (χ1n) is 9.93. The Balaban J connectivity index is 1.66. The van der Waals surface area contributed by atoms with Gasteiger partial charge in [0, 0.05) is 12.1 Å². The van der Waals surface area contributed by atoms with Crippen molar-refractivity contribution in [3.05, 3.63) is 94.6 Å². The number of unbranched alkanes of at least 4 members (excludes halogenated alkanes) is 1. The molecule has 5 nitrogen and oxygen atoms in total. The Kier molecular flexibility index (Phi) is 7.29. The van der Waals surface area contributed by atoms with Crippen LogP contribution in [-0.2, 0) is 6.42 Å². The van der Waals surface area contributed by atoms with Gasteiger partial charge in [0.1, 0.15) is 29.2 Å². The van der Waals surface area contributed by atoms with E-state index in [2.05, 4.69) is 6.92 Å². The number of aryl methyl sites for hydroxylation is 1. The van der Waals surface area contributed by atoms with Gasteiger partial charge in [0.25, 0.3) is 0 Å². The van der Waals surface area contributed by atoms with Crippen molar-refractivity contribution < 1.29 is 27.8 Å². The van der Waals surface area contributed by atoms with E-state index < -0.39 is 29.1 Å². The number of carbonyl (C=O) groups is 2. The fourth-order valence-corrected chi connectivity index (χ4v) is 2.89. The van der Waals surface area contributed by atoms with Gasteiger partial charge in [-0.3, -0.25) is 0 Å².